The molecule has 2 aromatic carbocycles. The molecule has 8 nitrogen and oxygen atoms in total. The van der Waals surface area contributed by atoms with Crippen LogP contribution >= 0.6 is 11.6 Å². The number of amides is 1. The largest absolute Gasteiger partial charge is 0.493 e. The Labute approximate surface area is 156 Å². The number of methoxy groups -OCH3 is 1. The van der Waals surface area contributed by atoms with Crippen LogP contribution in [0, 0.1) is 10.1 Å². The van der Waals surface area contributed by atoms with E-state index in [-0.39, 0.29) is 27.8 Å². The number of ether oxygens (including phenoxy) is 2. The van der Waals surface area contributed by atoms with E-state index in [9.17, 15) is 23.7 Å². The van der Waals surface area contributed by atoms with Gasteiger partial charge in [0.15, 0.2) is 11.5 Å². The number of hydrazone groups is 1. The molecule has 0 spiro atoms. The van der Waals surface area contributed by atoms with Crippen LogP contribution in [0.3, 0.4) is 0 Å². The van der Waals surface area contributed by atoms with Gasteiger partial charge in [0, 0.05) is 17.7 Å². The first-order valence-electron chi connectivity index (χ1n) is 7.22. The van der Waals surface area contributed by atoms with Crippen molar-refractivity contribution >= 4 is 29.4 Å². The number of nitro groups is 1. The van der Waals surface area contributed by atoms with Crippen molar-refractivity contribution in [1.29, 1.82) is 0 Å². The first-order valence-corrected chi connectivity index (χ1v) is 7.60. The van der Waals surface area contributed by atoms with Crippen molar-refractivity contribution in [3.63, 3.8) is 0 Å². The number of rotatable bonds is 7. The highest BCUT2D eigenvalue weighted by Gasteiger charge is 2.16. The van der Waals surface area contributed by atoms with Crippen molar-refractivity contribution in [2.24, 2.45) is 5.10 Å². The van der Waals surface area contributed by atoms with E-state index in [1.165, 1.54) is 49.7 Å². The molecule has 0 atom stereocenters. The highest BCUT2D eigenvalue weighted by Crippen LogP contribution is 2.37. The number of nitrogens with one attached hydrogen (secondary N) is 1. The molecule has 11 heteroatoms. The number of alkyl halides is 2. The molecule has 0 aliphatic carbocycles. The quantitative estimate of drug-likeness (QED) is 0.435. The van der Waals surface area contributed by atoms with Gasteiger partial charge in [0.25, 0.3) is 11.6 Å². The summed E-state index contributed by atoms with van der Waals surface area (Å²) in [7, 11) is 1.25. The summed E-state index contributed by atoms with van der Waals surface area (Å²) in [5.74, 6) is -0.955. The molecule has 0 saturated heterocycles. The van der Waals surface area contributed by atoms with Crippen molar-refractivity contribution < 1.29 is 28.0 Å². The van der Waals surface area contributed by atoms with Gasteiger partial charge in [-0.3, -0.25) is 14.9 Å². The first kappa shape index (κ1) is 20.0. The van der Waals surface area contributed by atoms with E-state index in [1.54, 1.807) is 0 Å². The summed E-state index contributed by atoms with van der Waals surface area (Å²) in [4.78, 5) is 21.9. The number of non-ortho nitro benzene ring substituents is 1. The molecule has 0 bridgehead atoms. The second-order valence-corrected chi connectivity index (χ2v) is 5.32. The van der Waals surface area contributed by atoms with Crippen LogP contribution in [0.5, 0.6) is 11.5 Å². The molecule has 0 heterocycles. The van der Waals surface area contributed by atoms with Gasteiger partial charge in [0.05, 0.1) is 23.3 Å². The minimum atomic E-state index is -3.07. The van der Waals surface area contributed by atoms with Crippen LogP contribution in [0.25, 0.3) is 0 Å². The SMILES string of the molecule is COc1cc(/C=N\NC(=O)c2ccc([N+](=O)[O-])cc2)cc(Cl)c1OC(F)F. The molecule has 0 saturated carbocycles. The van der Waals surface area contributed by atoms with Crippen molar-refractivity contribution in [3.05, 3.63) is 62.7 Å². The lowest BCUT2D eigenvalue weighted by Crippen LogP contribution is -2.17. The average Bonchev–Trinajstić information content (AvgIpc) is 2.63. The van der Waals surface area contributed by atoms with E-state index in [0.29, 0.717) is 5.56 Å². The molecule has 142 valence electrons. The Morgan fingerprint density at radius 1 is 1.33 bits per heavy atom. The summed E-state index contributed by atoms with van der Waals surface area (Å²) in [6.45, 7) is -3.07. The second kappa shape index (κ2) is 8.90. The topological polar surface area (TPSA) is 103 Å². The number of carbonyl (C=O) groups excluding carboxylic acids is 1. The van der Waals surface area contributed by atoms with Gasteiger partial charge in [-0.15, -0.1) is 0 Å². The minimum Gasteiger partial charge on any atom is -0.493 e. The number of nitro benzene ring substituents is 1. The van der Waals surface area contributed by atoms with Crippen LogP contribution in [-0.4, -0.2) is 30.8 Å². The molecule has 0 fully saturated rings. The fourth-order valence-electron chi connectivity index (χ4n) is 1.98. The fraction of sp³-hybridized carbons (Fsp3) is 0.125. The van der Waals surface area contributed by atoms with E-state index in [0.717, 1.165) is 0 Å². The zero-order chi connectivity index (χ0) is 20.0. The lowest BCUT2D eigenvalue weighted by molar-refractivity contribution is -0.384. The number of hydrogen-bond donors (Lipinski definition) is 1. The Hall–Kier alpha value is -3.27. The van der Waals surface area contributed by atoms with E-state index in [1.807, 2.05) is 0 Å². The number of hydrogen-bond acceptors (Lipinski definition) is 6. The van der Waals surface area contributed by atoms with Crippen molar-refractivity contribution in [3.8, 4) is 11.5 Å². The zero-order valence-corrected chi connectivity index (χ0v) is 14.4. The van der Waals surface area contributed by atoms with E-state index < -0.39 is 17.4 Å². The lowest BCUT2D eigenvalue weighted by atomic mass is 10.2. The molecule has 2 aromatic rings. The summed E-state index contributed by atoms with van der Waals surface area (Å²) < 4.78 is 34.0. The zero-order valence-electron chi connectivity index (χ0n) is 13.7. The molecular weight excluding hydrogens is 388 g/mol. The minimum absolute atomic E-state index is 0.0362. The summed E-state index contributed by atoms with van der Waals surface area (Å²) in [5.41, 5.74) is 2.59. The molecule has 0 radical (unpaired) electrons. The monoisotopic (exact) mass is 399 g/mol. The van der Waals surface area contributed by atoms with Gasteiger partial charge < -0.3 is 9.47 Å². The number of carbonyl (C=O) groups is 1. The molecule has 0 aliphatic rings. The van der Waals surface area contributed by atoms with Gasteiger partial charge in [0.2, 0.25) is 0 Å². The molecule has 0 aromatic heterocycles. The summed E-state index contributed by atoms with van der Waals surface area (Å²) in [6.07, 6.45) is 1.21. The highest BCUT2D eigenvalue weighted by molar-refractivity contribution is 6.32. The first-order chi connectivity index (χ1) is 12.8. The van der Waals surface area contributed by atoms with Crippen LogP contribution < -0.4 is 14.9 Å². The van der Waals surface area contributed by atoms with E-state index in [2.05, 4.69) is 15.3 Å². The number of halogens is 3. The molecule has 1 amide bonds. The third-order valence-electron chi connectivity index (χ3n) is 3.18. The maximum absolute atomic E-state index is 12.4. The van der Waals surface area contributed by atoms with Crippen LogP contribution in [0.15, 0.2) is 41.5 Å². The van der Waals surface area contributed by atoms with Crippen LogP contribution in [-0.2, 0) is 0 Å². The Kier molecular flexibility index (Phi) is 6.61. The van der Waals surface area contributed by atoms with E-state index in [4.69, 9.17) is 16.3 Å². The maximum Gasteiger partial charge on any atom is 0.387 e. The highest BCUT2D eigenvalue weighted by atomic mass is 35.5. The summed E-state index contributed by atoms with van der Waals surface area (Å²) in [5, 5.41) is 14.2. The van der Waals surface area contributed by atoms with Gasteiger partial charge >= 0.3 is 6.61 Å². The summed E-state index contributed by atoms with van der Waals surface area (Å²) >= 11 is 5.89. The third kappa shape index (κ3) is 5.35. The molecule has 0 aliphatic heterocycles. The van der Waals surface area contributed by atoms with Gasteiger partial charge in [-0.05, 0) is 29.8 Å². The molecule has 1 N–H and O–H groups in total. The predicted octanol–water partition coefficient (Wildman–Crippen LogP) is 3.62. The Morgan fingerprint density at radius 2 is 2.00 bits per heavy atom. The predicted molar refractivity (Wildman–Crippen MR) is 92.8 cm³/mol. The molecular formula is C16H12ClF2N3O5. The molecule has 0 unspecified atom stereocenters. The van der Waals surface area contributed by atoms with Gasteiger partial charge in [-0.2, -0.15) is 13.9 Å². The number of benzene rings is 2. The van der Waals surface area contributed by atoms with Crippen LogP contribution in [0.4, 0.5) is 14.5 Å². The smallest absolute Gasteiger partial charge is 0.387 e. The molecule has 2 rings (SSSR count). The normalized spacial score (nSPS) is 10.9. The molecule has 27 heavy (non-hydrogen) atoms. The van der Waals surface area contributed by atoms with Crippen molar-refractivity contribution in [2.75, 3.05) is 7.11 Å². The third-order valence-corrected chi connectivity index (χ3v) is 3.46. The van der Waals surface area contributed by atoms with E-state index >= 15 is 0 Å². The lowest BCUT2D eigenvalue weighted by Gasteiger charge is -2.12. The van der Waals surface area contributed by atoms with Gasteiger partial charge in [-0.25, -0.2) is 5.43 Å². The Balaban J connectivity index is 2.10. The maximum atomic E-state index is 12.4. The fourth-order valence-corrected chi connectivity index (χ4v) is 2.25. The van der Waals surface area contributed by atoms with Gasteiger partial charge in [-0.1, -0.05) is 11.6 Å². The summed E-state index contributed by atoms with van der Waals surface area (Å²) in [6, 6.07) is 7.56. The number of nitrogens with zero attached hydrogens (tertiary/aromatic N) is 2. The van der Waals surface area contributed by atoms with Crippen LogP contribution in [0.1, 0.15) is 15.9 Å². The van der Waals surface area contributed by atoms with Crippen molar-refractivity contribution in [2.45, 2.75) is 6.61 Å². The van der Waals surface area contributed by atoms with Crippen molar-refractivity contribution in [1.82, 2.24) is 5.43 Å². The van der Waals surface area contributed by atoms with Gasteiger partial charge in [0.1, 0.15) is 0 Å². The van der Waals surface area contributed by atoms with Crippen LogP contribution in [0.2, 0.25) is 5.02 Å². The Morgan fingerprint density at radius 3 is 2.56 bits per heavy atom. The Bertz CT molecular complexity index is 875. The average molecular weight is 400 g/mol. The second-order valence-electron chi connectivity index (χ2n) is 4.92. The standard InChI is InChI=1S/C16H12ClF2N3O5/c1-26-13-7-9(6-12(17)14(13)27-16(18)19)8-20-21-15(23)10-2-4-11(5-3-10)22(24)25/h2-8,16H,1H3,(H,21,23)/b20-8-.